The Morgan fingerprint density at radius 1 is 0.738 bits per heavy atom. The van der Waals surface area contributed by atoms with Crippen LogP contribution in [0.5, 0.6) is 5.75 Å². The van der Waals surface area contributed by atoms with Gasteiger partial charge in [-0.1, -0.05) is 64.4 Å². The topological polar surface area (TPSA) is 9.23 Å². The Labute approximate surface area is 246 Å². The van der Waals surface area contributed by atoms with Gasteiger partial charge < -0.3 is 4.74 Å². The zero-order valence-corrected chi connectivity index (χ0v) is 24.7. The molecule has 5 rings (SSSR count). The Bertz CT molecular complexity index is 1190. The van der Waals surface area contributed by atoms with Crippen molar-refractivity contribution in [2.45, 2.75) is 128 Å². The van der Waals surface area contributed by atoms with E-state index in [0.29, 0.717) is 49.1 Å². The molecule has 0 spiro atoms. The monoisotopic (exact) mass is 594 g/mol. The van der Waals surface area contributed by atoms with Crippen LogP contribution in [0, 0.1) is 35.2 Å². The van der Waals surface area contributed by atoms with Gasteiger partial charge >= 0.3 is 6.36 Å². The summed E-state index contributed by atoms with van der Waals surface area (Å²) >= 11 is 0. The quantitative estimate of drug-likeness (QED) is 0.263. The van der Waals surface area contributed by atoms with Gasteiger partial charge in [0.15, 0.2) is 11.6 Å². The lowest BCUT2D eigenvalue weighted by molar-refractivity contribution is -0.275. The Morgan fingerprint density at radius 3 is 2.02 bits per heavy atom. The van der Waals surface area contributed by atoms with Crippen molar-refractivity contribution < 1.29 is 31.1 Å². The molecule has 0 aromatic heterocycles. The molecule has 0 saturated heterocycles. The third kappa shape index (κ3) is 7.66. The molecule has 0 amide bonds. The molecular weight excluding hydrogens is 550 g/mol. The number of alkyl halides is 3. The standard InChI is InChI=1S/C35H44F6O/c1-2-3-4-22-5-7-23(8-6-22)9-10-24-11-17-29-28(19-24)21-31(37)33(34(29)38)26-14-12-25(13-15-26)27-16-18-32(30(36)20-27)42-35(39,40)41/h16,18,20-26H,2-15,17,19H2,1H3. The maximum absolute atomic E-state index is 15.8. The van der Waals surface area contributed by atoms with Crippen molar-refractivity contribution in [2.24, 2.45) is 17.8 Å². The third-order valence-electron chi connectivity index (χ3n) is 10.5. The molecule has 3 aliphatic carbocycles. The average molecular weight is 595 g/mol. The summed E-state index contributed by atoms with van der Waals surface area (Å²) in [6.45, 7) is 2.26. The average Bonchev–Trinajstić information content (AvgIpc) is 2.96. The fourth-order valence-corrected chi connectivity index (χ4v) is 8.03. The minimum atomic E-state index is -4.96. The van der Waals surface area contributed by atoms with Gasteiger partial charge in [-0.3, -0.25) is 0 Å². The zero-order valence-electron chi connectivity index (χ0n) is 24.7. The molecular formula is C35H44F6O. The molecule has 0 N–H and O–H groups in total. The van der Waals surface area contributed by atoms with Crippen LogP contribution in [0.2, 0.25) is 0 Å². The highest BCUT2D eigenvalue weighted by molar-refractivity contribution is 5.39. The third-order valence-corrected chi connectivity index (χ3v) is 10.5. The SMILES string of the molecule is CCCCC1CCC(CCC2CCc3c(cc(F)c(C4CCC(c5ccc(OC(F)(F)F)c(F)c5)CC4)c3F)C2)CC1. The van der Waals surface area contributed by atoms with Gasteiger partial charge in [-0.15, -0.1) is 13.2 Å². The summed E-state index contributed by atoms with van der Waals surface area (Å²) in [4.78, 5) is 0. The first-order valence-corrected chi connectivity index (χ1v) is 16.2. The van der Waals surface area contributed by atoms with Crippen molar-refractivity contribution in [2.75, 3.05) is 0 Å². The van der Waals surface area contributed by atoms with E-state index < -0.39 is 23.7 Å². The first-order valence-electron chi connectivity index (χ1n) is 16.2. The first-order chi connectivity index (χ1) is 20.1. The molecule has 232 valence electrons. The van der Waals surface area contributed by atoms with Crippen molar-refractivity contribution >= 4 is 0 Å². The lowest BCUT2D eigenvalue weighted by Crippen LogP contribution is -2.21. The summed E-state index contributed by atoms with van der Waals surface area (Å²) in [6.07, 6.45) is 11.4. The summed E-state index contributed by atoms with van der Waals surface area (Å²) in [5, 5.41) is 0. The molecule has 1 nitrogen and oxygen atoms in total. The highest BCUT2D eigenvalue weighted by Crippen LogP contribution is 2.45. The lowest BCUT2D eigenvalue weighted by atomic mass is 9.73. The van der Waals surface area contributed by atoms with Crippen LogP contribution in [0.25, 0.3) is 0 Å². The number of fused-ring (bicyclic) bond motifs is 1. The van der Waals surface area contributed by atoms with Crippen molar-refractivity contribution in [3.8, 4) is 5.75 Å². The van der Waals surface area contributed by atoms with Crippen molar-refractivity contribution in [3.05, 3.63) is 64.0 Å². The number of unbranched alkanes of at least 4 members (excludes halogenated alkanes) is 1. The molecule has 42 heavy (non-hydrogen) atoms. The number of hydrogen-bond acceptors (Lipinski definition) is 1. The maximum atomic E-state index is 15.8. The van der Waals surface area contributed by atoms with Crippen LogP contribution < -0.4 is 4.74 Å². The van der Waals surface area contributed by atoms with Crippen LogP contribution in [0.4, 0.5) is 26.3 Å². The molecule has 0 bridgehead atoms. The number of benzene rings is 2. The van der Waals surface area contributed by atoms with Crippen LogP contribution in [-0.2, 0) is 12.8 Å². The molecule has 1 atom stereocenters. The molecule has 0 radical (unpaired) electrons. The highest BCUT2D eigenvalue weighted by atomic mass is 19.4. The largest absolute Gasteiger partial charge is 0.573 e. The van der Waals surface area contributed by atoms with E-state index in [4.69, 9.17) is 0 Å². The summed E-state index contributed by atoms with van der Waals surface area (Å²) < 4.78 is 86.6. The molecule has 2 aromatic carbocycles. The molecule has 2 aromatic rings. The summed E-state index contributed by atoms with van der Waals surface area (Å²) in [5.74, 6) is -0.883. The first kappa shape index (κ1) is 31.3. The van der Waals surface area contributed by atoms with Gasteiger partial charge in [0.25, 0.3) is 0 Å². The minimum absolute atomic E-state index is 0.0772. The van der Waals surface area contributed by atoms with E-state index in [1.807, 2.05) is 0 Å². The normalized spacial score (nSPS) is 26.6. The summed E-state index contributed by atoms with van der Waals surface area (Å²) in [6, 6.07) is 5.12. The van der Waals surface area contributed by atoms with Gasteiger partial charge in [-0.25, -0.2) is 13.2 Å². The van der Waals surface area contributed by atoms with Crippen LogP contribution in [0.15, 0.2) is 24.3 Å². The van der Waals surface area contributed by atoms with Gasteiger partial charge in [0, 0.05) is 5.56 Å². The smallest absolute Gasteiger partial charge is 0.403 e. The van der Waals surface area contributed by atoms with E-state index >= 15 is 8.78 Å². The van der Waals surface area contributed by atoms with Crippen molar-refractivity contribution in [1.29, 1.82) is 0 Å². The highest BCUT2D eigenvalue weighted by Gasteiger charge is 2.34. The van der Waals surface area contributed by atoms with Crippen molar-refractivity contribution in [1.82, 2.24) is 0 Å². The minimum Gasteiger partial charge on any atom is -0.403 e. The molecule has 2 fully saturated rings. The van der Waals surface area contributed by atoms with Gasteiger partial charge in [0.2, 0.25) is 0 Å². The Balaban J connectivity index is 1.15. The second-order valence-electron chi connectivity index (χ2n) is 13.2. The Kier molecular flexibility index (Phi) is 10.1. The lowest BCUT2D eigenvalue weighted by Gasteiger charge is -2.32. The second kappa shape index (κ2) is 13.6. The maximum Gasteiger partial charge on any atom is 0.573 e. The van der Waals surface area contributed by atoms with Crippen LogP contribution in [0.1, 0.15) is 131 Å². The number of hydrogen-bond donors (Lipinski definition) is 0. The van der Waals surface area contributed by atoms with E-state index in [1.54, 1.807) is 6.07 Å². The van der Waals surface area contributed by atoms with E-state index in [1.165, 1.54) is 57.4 Å². The fraction of sp³-hybridized carbons (Fsp3) is 0.657. The van der Waals surface area contributed by atoms with Crippen LogP contribution in [-0.4, -0.2) is 6.36 Å². The number of halogens is 6. The van der Waals surface area contributed by atoms with Gasteiger partial charge in [-0.2, -0.15) is 0 Å². The van der Waals surface area contributed by atoms with Gasteiger partial charge in [0.1, 0.15) is 11.6 Å². The summed E-state index contributed by atoms with van der Waals surface area (Å²) in [7, 11) is 0. The second-order valence-corrected chi connectivity index (χ2v) is 13.2. The fourth-order valence-electron chi connectivity index (χ4n) is 8.03. The molecule has 2 saturated carbocycles. The van der Waals surface area contributed by atoms with Gasteiger partial charge in [-0.05, 0) is 116 Å². The molecule has 1 unspecified atom stereocenters. The molecule has 0 aliphatic heterocycles. The zero-order chi connectivity index (χ0) is 29.9. The van der Waals surface area contributed by atoms with E-state index in [-0.39, 0.29) is 23.2 Å². The molecule has 7 heteroatoms. The van der Waals surface area contributed by atoms with E-state index in [9.17, 15) is 17.6 Å². The van der Waals surface area contributed by atoms with E-state index in [0.717, 1.165) is 48.8 Å². The number of rotatable bonds is 9. The Morgan fingerprint density at radius 2 is 1.38 bits per heavy atom. The van der Waals surface area contributed by atoms with E-state index in [2.05, 4.69) is 11.7 Å². The number of ether oxygens (including phenoxy) is 1. The van der Waals surface area contributed by atoms with Crippen LogP contribution in [0.3, 0.4) is 0 Å². The Hall–Kier alpha value is -2.18. The predicted octanol–water partition coefficient (Wildman–Crippen LogP) is 11.3. The van der Waals surface area contributed by atoms with Crippen LogP contribution >= 0.6 is 0 Å². The predicted molar refractivity (Wildman–Crippen MR) is 153 cm³/mol. The summed E-state index contributed by atoms with van der Waals surface area (Å²) in [5.41, 5.74) is 2.29. The van der Waals surface area contributed by atoms with Crippen molar-refractivity contribution in [3.63, 3.8) is 0 Å². The van der Waals surface area contributed by atoms with Gasteiger partial charge in [0.05, 0.1) is 0 Å². The molecule has 0 heterocycles. The molecule has 3 aliphatic rings.